The Kier molecular flexibility index (Phi) is 4.80. The van der Waals surface area contributed by atoms with Gasteiger partial charge in [-0.25, -0.2) is 4.39 Å². The SMILES string of the molecule is CCN1CCC(CN2CC[C@@H](C)[C@@H](F)C2)CC1. The van der Waals surface area contributed by atoms with E-state index < -0.39 is 6.17 Å². The molecule has 17 heavy (non-hydrogen) atoms. The quantitative estimate of drug-likeness (QED) is 0.750. The van der Waals surface area contributed by atoms with Crippen molar-refractivity contribution in [2.75, 3.05) is 39.3 Å². The molecule has 0 radical (unpaired) electrons. The molecule has 3 heteroatoms. The first-order chi connectivity index (χ1) is 8.19. The van der Waals surface area contributed by atoms with E-state index in [0.717, 1.165) is 25.4 Å². The van der Waals surface area contributed by atoms with Crippen molar-refractivity contribution in [1.29, 1.82) is 0 Å². The van der Waals surface area contributed by atoms with Gasteiger partial charge in [-0.05, 0) is 57.3 Å². The van der Waals surface area contributed by atoms with Crippen LogP contribution >= 0.6 is 0 Å². The average molecular weight is 242 g/mol. The van der Waals surface area contributed by atoms with Gasteiger partial charge in [0.25, 0.3) is 0 Å². The first-order valence-corrected chi connectivity index (χ1v) is 7.27. The van der Waals surface area contributed by atoms with Crippen LogP contribution in [0.25, 0.3) is 0 Å². The van der Waals surface area contributed by atoms with Crippen molar-refractivity contribution in [3.8, 4) is 0 Å². The van der Waals surface area contributed by atoms with E-state index in [1.54, 1.807) is 0 Å². The van der Waals surface area contributed by atoms with Crippen LogP contribution in [0, 0.1) is 11.8 Å². The highest BCUT2D eigenvalue weighted by Crippen LogP contribution is 2.23. The molecule has 0 aromatic rings. The summed E-state index contributed by atoms with van der Waals surface area (Å²) in [6.07, 6.45) is 3.04. The van der Waals surface area contributed by atoms with Crippen LogP contribution in [0.2, 0.25) is 0 Å². The normalized spacial score (nSPS) is 34.1. The van der Waals surface area contributed by atoms with E-state index in [2.05, 4.69) is 16.7 Å². The van der Waals surface area contributed by atoms with E-state index in [4.69, 9.17) is 0 Å². The predicted octanol–water partition coefficient (Wildman–Crippen LogP) is 2.40. The molecule has 0 aromatic heterocycles. The van der Waals surface area contributed by atoms with E-state index >= 15 is 0 Å². The Labute approximate surface area is 105 Å². The zero-order valence-corrected chi connectivity index (χ0v) is 11.4. The lowest BCUT2D eigenvalue weighted by molar-refractivity contribution is 0.0686. The molecule has 2 nitrogen and oxygen atoms in total. The molecule has 2 atom stereocenters. The Morgan fingerprint density at radius 3 is 2.29 bits per heavy atom. The number of nitrogens with zero attached hydrogens (tertiary/aromatic N) is 2. The summed E-state index contributed by atoms with van der Waals surface area (Å²) in [5.74, 6) is 1.08. The van der Waals surface area contributed by atoms with Crippen LogP contribution in [0.15, 0.2) is 0 Å². The maximum atomic E-state index is 13.6. The molecule has 0 bridgehead atoms. The van der Waals surface area contributed by atoms with Crippen molar-refractivity contribution in [3.05, 3.63) is 0 Å². The van der Waals surface area contributed by atoms with E-state index in [-0.39, 0.29) is 5.92 Å². The Morgan fingerprint density at radius 2 is 1.71 bits per heavy atom. The standard InChI is InChI=1S/C14H27FN2/c1-3-16-8-5-13(6-9-16)10-17-7-4-12(2)14(15)11-17/h12-14H,3-11H2,1-2H3/t12-,14+/m1/s1. The number of piperidine rings is 2. The largest absolute Gasteiger partial charge is 0.304 e. The van der Waals surface area contributed by atoms with Crippen molar-refractivity contribution in [1.82, 2.24) is 9.80 Å². The molecule has 2 fully saturated rings. The maximum absolute atomic E-state index is 13.6. The highest BCUT2D eigenvalue weighted by molar-refractivity contribution is 4.81. The monoisotopic (exact) mass is 242 g/mol. The number of rotatable bonds is 3. The summed E-state index contributed by atoms with van der Waals surface area (Å²) in [4.78, 5) is 4.88. The van der Waals surface area contributed by atoms with Gasteiger partial charge >= 0.3 is 0 Å². The molecule has 0 aliphatic carbocycles. The minimum Gasteiger partial charge on any atom is -0.304 e. The molecular weight excluding hydrogens is 215 g/mol. The second-order valence-electron chi connectivity index (χ2n) is 5.92. The number of hydrogen-bond acceptors (Lipinski definition) is 2. The van der Waals surface area contributed by atoms with Crippen molar-refractivity contribution < 1.29 is 4.39 Å². The lowest BCUT2D eigenvalue weighted by atomic mass is 9.93. The topological polar surface area (TPSA) is 6.48 Å². The van der Waals surface area contributed by atoms with Crippen LogP contribution in [0.5, 0.6) is 0 Å². The van der Waals surface area contributed by atoms with Crippen molar-refractivity contribution in [3.63, 3.8) is 0 Å². The van der Waals surface area contributed by atoms with E-state index in [9.17, 15) is 4.39 Å². The van der Waals surface area contributed by atoms with Gasteiger partial charge < -0.3 is 9.80 Å². The highest BCUT2D eigenvalue weighted by atomic mass is 19.1. The summed E-state index contributed by atoms with van der Waals surface area (Å²) in [5.41, 5.74) is 0. The summed E-state index contributed by atoms with van der Waals surface area (Å²) in [5, 5.41) is 0. The second-order valence-corrected chi connectivity index (χ2v) is 5.92. The van der Waals surface area contributed by atoms with Gasteiger partial charge in [-0.1, -0.05) is 13.8 Å². The van der Waals surface area contributed by atoms with Gasteiger partial charge in [-0.2, -0.15) is 0 Å². The fourth-order valence-corrected chi connectivity index (χ4v) is 3.10. The number of alkyl halides is 1. The first kappa shape index (κ1) is 13.3. The van der Waals surface area contributed by atoms with Crippen LogP contribution in [0.3, 0.4) is 0 Å². The highest BCUT2D eigenvalue weighted by Gasteiger charge is 2.28. The summed E-state index contributed by atoms with van der Waals surface area (Å²) >= 11 is 0. The fraction of sp³-hybridized carbons (Fsp3) is 1.00. The Morgan fingerprint density at radius 1 is 1.06 bits per heavy atom. The van der Waals surface area contributed by atoms with Crippen LogP contribution in [0.1, 0.15) is 33.1 Å². The molecule has 2 aliphatic heterocycles. The molecule has 0 spiro atoms. The summed E-state index contributed by atoms with van der Waals surface area (Å²) in [6, 6.07) is 0. The minimum absolute atomic E-state index is 0.271. The molecule has 0 saturated carbocycles. The number of hydrogen-bond donors (Lipinski definition) is 0. The molecule has 0 aromatic carbocycles. The first-order valence-electron chi connectivity index (χ1n) is 7.27. The Balaban J connectivity index is 1.71. The van der Waals surface area contributed by atoms with Gasteiger partial charge in [0, 0.05) is 13.1 Å². The minimum atomic E-state index is -0.598. The van der Waals surface area contributed by atoms with Crippen molar-refractivity contribution in [2.45, 2.75) is 39.3 Å². The summed E-state index contributed by atoms with van der Waals surface area (Å²) in [7, 11) is 0. The lowest BCUT2D eigenvalue weighted by Gasteiger charge is -2.38. The summed E-state index contributed by atoms with van der Waals surface area (Å²) in [6.45, 7) is 10.9. The molecule has 2 heterocycles. The molecule has 2 saturated heterocycles. The van der Waals surface area contributed by atoms with Gasteiger partial charge in [0.2, 0.25) is 0 Å². The van der Waals surface area contributed by atoms with Crippen molar-refractivity contribution >= 4 is 0 Å². The molecule has 0 unspecified atom stereocenters. The average Bonchev–Trinajstić information content (AvgIpc) is 2.35. The molecular formula is C14H27FN2. The third-order valence-corrected chi connectivity index (χ3v) is 4.62. The van der Waals surface area contributed by atoms with Gasteiger partial charge in [0.05, 0.1) is 0 Å². The zero-order chi connectivity index (χ0) is 12.3. The molecule has 2 rings (SSSR count). The van der Waals surface area contributed by atoms with Crippen LogP contribution in [-0.4, -0.2) is 55.2 Å². The molecule has 0 N–H and O–H groups in total. The summed E-state index contributed by atoms with van der Waals surface area (Å²) < 4.78 is 13.6. The van der Waals surface area contributed by atoms with Crippen LogP contribution in [-0.2, 0) is 0 Å². The maximum Gasteiger partial charge on any atom is 0.115 e. The van der Waals surface area contributed by atoms with Gasteiger partial charge in [-0.15, -0.1) is 0 Å². The Hall–Kier alpha value is -0.150. The smallest absolute Gasteiger partial charge is 0.115 e. The lowest BCUT2D eigenvalue weighted by Crippen LogP contribution is -2.45. The Bertz CT molecular complexity index is 226. The van der Waals surface area contributed by atoms with E-state index in [1.807, 2.05) is 6.92 Å². The third kappa shape index (κ3) is 3.65. The van der Waals surface area contributed by atoms with Gasteiger partial charge in [-0.3, -0.25) is 0 Å². The molecule has 2 aliphatic rings. The number of halogens is 1. The number of likely N-dealkylation sites (tertiary alicyclic amines) is 2. The zero-order valence-electron chi connectivity index (χ0n) is 11.4. The van der Waals surface area contributed by atoms with E-state index in [1.165, 1.54) is 32.5 Å². The van der Waals surface area contributed by atoms with Gasteiger partial charge in [0.15, 0.2) is 0 Å². The van der Waals surface area contributed by atoms with Crippen LogP contribution in [0.4, 0.5) is 4.39 Å². The molecule has 0 amide bonds. The second kappa shape index (κ2) is 6.14. The third-order valence-electron chi connectivity index (χ3n) is 4.62. The fourth-order valence-electron chi connectivity index (χ4n) is 3.10. The van der Waals surface area contributed by atoms with Crippen molar-refractivity contribution in [2.24, 2.45) is 11.8 Å². The van der Waals surface area contributed by atoms with Crippen LogP contribution < -0.4 is 0 Å². The molecule has 100 valence electrons. The van der Waals surface area contributed by atoms with E-state index in [0.29, 0.717) is 6.54 Å². The van der Waals surface area contributed by atoms with Gasteiger partial charge in [0.1, 0.15) is 6.17 Å². The predicted molar refractivity (Wildman–Crippen MR) is 70.0 cm³/mol.